The van der Waals surface area contributed by atoms with Crippen LogP contribution in [0.1, 0.15) is 17.5 Å². The van der Waals surface area contributed by atoms with Crippen molar-refractivity contribution in [1.29, 1.82) is 0 Å². The zero-order valence-corrected chi connectivity index (χ0v) is 14.1. The molecule has 0 amide bonds. The van der Waals surface area contributed by atoms with E-state index >= 15 is 0 Å². The lowest BCUT2D eigenvalue weighted by Crippen LogP contribution is -2.19. The van der Waals surface area contributed by atoms with E-state index in [-0.39, 0.29) is 0 Å². The van der Waals surface area contributed by atoms with Crippen LogP contribution < -0.4 is 20.1 Å². The number of anilines is 2. The third-order valence-electron chi connectivity index (χ3n) is 4.01. The van der Waals surface area contributed by atoms with Crippen LogP contribution >= 0.6 is 12.2 Å². The topological polar surface area (TPSA) is 42.5 Å². The molecule has 1 aliphatic carbocycles. The van der Waals surface area contributed by atoms with Crippen LogP contribution in [0.15, 0.2) is 36.4 Å². The summed E-state index contributed by atoms with van der Waals surface area (Å²) in [6.07, 6.45) is 3.57. The zero-order valence-electron chi connectivity index (χ0n) is 13.3. The molecule has 2 aromatic carbocycles. The normalized spacial score (nSPS) is 12.4. The lowest BCUT2D eigenvalue weighted by atomic mass is 10.1. The van der Waals surface area contributed by atoms with E-state index in [1.807, 2.05) is 18.2 Å². The van der Waals surface area contributed by atoms with Gasteiger partial charge in [0.2, 0.25) is 0 Å². The Balaban J connectivity index is 1.72. The number of hydrogen-bond donors (Lipinski definition) is 2. The van der Waals surface area contributed by atoms with Crippen LogP contribution in [0.2, 0.25) is 0 Å². The van der Waals surface area contributed by atoms with Crippen molar-refractivity contribution in [3.63, 3.8) is 0 Å². The molecular weight excluding hydrogens is 308 g/mol. The molecule has 4 nitrogen and oxygen atoms in total. The number of methoxy groups -OCH3 is 2. The van der Waals surface area contributed by atoms with Crippen molar-refractivity contribution >= 4 is 28.7 Å². The largest absolute Gasteiger partial charge is 0.497 e. The Morgan fingerprint density at radius 3 is 2.57 bits per heavy atom. The third kappa shape index (κ3) is 3.56. The standard InChI is InChI=1S/C18H20N2O2S/c1-21-15-8-9-17(22-2)16(11-15)20-18(23)19-14-7-6-12-4-3-5-13(12)10-14/h6-11H,3-5H2,1-2H3,(H2,19,20,23). The molecule has 0 heterocycles. The van der Waals surface area contributed by atoms with Crippen LogP contribution in [0, 0.1) is 0 Å². The van der Waals surface area contributed by atoms with Gasteiger partial charge in [-0.15, -0.1) is 0 Å². The summed E-state index contributed by atoms with van der Waals surface area (Å²) in [6, 6.07) is 12.0. The van der Waals surface area contributed by atoms with Crippen molar-refractivity contribution in [2.24, 2.45) is 0 Å². The number of rotatable bonds is 4. The van der Waals surface area contributed by atoms with Gasteiger partial charge in [0.1, 0.15) is 11.5 Å². The van der Waals surface area contributed by atoms with Gasteiger partial charge in [-0.05, 0) is 66.9 Å². The second kappa shape index (κ2) is 6.87. The number of nitrogens with one attached hydrogen (secondary N) is 2. The summed E-state index contributed by atoms with van der Waals surface area (Å²) in [5, 5.41) is 6.92. The molecular formula is C18H20N2O2S. The van der Waals surface area contributed by atoms with E-state index in [0.29, 0.717) is 10.9 Å². The van der Waals surface area contributed by atoms with Gasteiger partial charge in [0.15, 0.2) is 5.11 Å². The molecule has 120 valence electrons. The summed E-state index contributed by atoms with van der Waals surface area (Å²) in [6.45, 7) is 0. The summed E-state index contributed by atoms with van der Waals surface area (Å²) in [5.74, 6) is 1.46. The highest BCUT2D eigenvalue weighted by atomic mass is 32.1. The molecule has 0 unspecified atom stereocenters. The molecule has 0 aromatic heterocycles. The van der Waals surface area contributed by atoms with Gasteiger partial charge in [0.05, 0.1) is 19.9 Å². The minimum Gasteiger partial charge on any atom is -0.497 e. The lowest BCUT2D eigenvalue weighted by molar-refractivity contribution is 0.405. The molecule has 0 radical (unpaired) electrons. The van der Waals surface area contributed by atoms with Crippen LogP contribution in [-0.2, 0) is 12.8 Å². The highest BCUT2D eigenvalue weighted by molar-refractivity contribution is 7.80. The van der Waals surface area contributed by atoms with Crippen LogP contribution in [0.3, 0.4) is 0 Å². The highest BCUT2D eigenvalue weighted by Crippen LogP contribution is 2.29. The molecule has 0 atom stereocenters. The summed E-state index contributed by atoms with van der Waals surface area (Å²) >= 11 is 5.41. The second-order valence-electron chi connectivity index (χ2n) is 5.48. The monoisotopic (exact) mass is 328 g/mol. The molecule has 3 rings (SSSR count). The van der Waals surface area contributed by atoms with Crippen LogP contribution in [0.25, 0.3) is 0 Å². The van der Waals surface area contributed by atoms with E-state index in [1.165, 1.54) is 24.0 Å². The summed E-state index contributed by atoms with van der Waals surface area (Å²) in [5.41, 5.74) is 4.64. The number of benzene rings is 2. The van der Waals surface area contributed by atoms with Crippen LogP contribution in [0.5, 0.6) is 11.5 Å². The molecule has 5 heteroatoms. The van der Waals surface area contributed by atoms with Crippen molar-refractivity contribution in [3.05, 3.63) is 47.5 Å². The van der Waals surface area contributed by atoms with E-state index in [9.17, 15) is 0 Å². The van der Waals surface area contributed by atoms with E-state index in [1.54, 1.807) is 14.2 Å². The maximum Gasteiger partial charge on any atom is 0.175 e. The Hall–Kier alpha value is -2.27. The molecule has 0 saturated carbocycles. The van der Waals surface area contributed by atoms with Gasteiger partial charge in [0, 0.05) is 11.8 Å². The number of fused-ring (bicyclic) bond motifs is 1. The molecule has 0 bridgehead atoms. The lowest BCUT2D eigenvalue weighted by Gasteiger charge is -2.15. The smallest absolute Gasteiger partial charge is 0.175 e. The number of ether oxygens (including phenoxy) is 2. The third-order valence-corrected chi connectivity index (χ3v) is 4.22. The van der Waals surface area contributed by atoms with Crippen molar-refractivity contribution in [2.45, 2.75) is 19.3 Å². The second-order valence-corrected chi connectivity index (χ2v) is 5.89. The Kier molecular flexibility index (Phi) is 4.67. The Morgan fingerprint density at radius 1 is 0.957 bits per heavy atom. The number of aryl methyl sites for hydroxylation is 2. The number of thiocarbonyl (C=S) groups is 1. The molecule has 2 N–H and O–H groups in total. The van der Waals surface area contributed by atoms with Gasteiger partial charge in [-0.2, -0.15) is 0 Å². The van der Waals surface area contributed by atoms with E-state index in [0.717, 1.165) is 23.5 Å². The summed E-state index contributed by atoms with van der Waals surface area (Å²) < 4.78 is 10.6. The quantitative estimate of drug-likeness (QED) is 0.831. The first-order chi connectivity index (χ1) is 11.2. The molecule has 1 aliphatic rings. The fourth-order valence-corrected chi connectivity index (χ4v) is 3.07. The molecule has 0 fully saturated rings. The minimum atomic E-state index is 0.523. The SMILES string of the molecule is COc1ccc(OC)c(NC(=S)Nc2ccc3c(c2)CCC3)c1. The van der Waals surface area contributed by atoms with Gasteiger partial charge in [-0.1, -0.05) is 6.07 Å². The van der Waals surface area contributed by atoms with E-state index in [4.69, 9.17) is 21.7 Å². The molecule has 23 heavy (non-hydrogen) atoms. The maximum atomic E-state index is 5.41. The first kappa shape index (κ1) is 15.6. The Labute approximate surface area is 141 Å². The van der Waals surface area contributed by atoms with Gasteiger partial charge in [-0.3, -0.25) is 0 Å². The van der Waals surface area contributed by atoms with Gasteiger partial charge in [0.25, 0.3) is 0 Å². The predicted molar refractivity (Wildman–Crippen MR) is 97.9 cm³/mol. The summed E-state index contributed by atoms with van der Waals surface area (Å²) in [7, 11) is 3.26. The van der Waals surface area contributed by atoms with E-state index < -0.39 is 0 Å². The average Bonchev–Trinajstić information content (AvgIpc) is 3.02. The van der Waals surface area contributed by atoms with Crippen molar-refractivity contribution in [3.8, 4) is 11.5 Å². The first-order valence-corrected chi connectivity index (χ1v) is 8.02. The molecule has 0 aliphatic heterocycles. The fourth-order valence-electron chi connectivity index (χ4n) is 2.85. The minimum absolute atomic E-state index is 0.523. The predicted octanol–water partition coefficient (Wildman–Crippen LogP) is 4.00. The zero-order chi connectivity index (χ0) is 16.2. The highest BCUT2D eigenvalue weighted by Gasteiger charge is 2.12. The first-order valence-electron chi connectivity index (χ1n) is 7.61. The van der Waals surface area contributed by atoms with Gasteiger partial charge < -0.3 is 20.1 Å². The average molecular weight is 328 g/mol. The Bertz CT molecular complexity index is 731. The number of hydrogen-bond acceptors (Lipinski definition) is 3. The van der Waals surface area contributed by atoms with Crippen LogP contribution in [-0.4, -0.2) is 19.3 Å². The van der Waals surface area contributed by atoms with Gasteiger partial charge >= 0.3 is 0 Å². The van der Waals surface area contributed by atoms with Gasteiger partial charge in [-0.25, -0.2) is 0 Å². The molecule has 0 saturated heterocycles. The maximum absolute atomic E-state index is 5.41. The molecule has 0 spiro atoms. The summed E-state index contributed by atoms with van der Waals surface area (Å²) in [4.78, 5) is 0. The van der Waals surface area contributed by atoms with Crippen molar-refractivity contribution < 1.29 is 9.47 Å². The van der Waals surface area contributed by atoms with E-state index in [2.05, 4.69) is 28.8 Å². The van der Waals surface area contributed by atoms with Crippen LogP contribution in [0.4, 0.5) is 11.4 Å². The Morgan fingerprint density at radius 2 is 1.78 bits per heavy atom. The fraction of sp³-hybridized carbons (Fsp3) is 0.278. The van der Waals surface area contributed by atoms with Crippen molar-refractivity contribution in [2.75, 3.05) is 24.9 Å². The molecule has 2 aromatic rings. The van der Waals surface area contributed by atoms with Crippen molar-refractivity contribution in [1.82, 2.24) is 0 Å².